The van der Waals surface area contributed by atoms with Gasteiger partial charge in [0.1, 0.15) is 18.2 Å². The molecule has 0 radical (unpaired) electrons. The number of aromatic nitrogens is 2. The third-order valence-corrected chi connectivity index (χ3v) is 5.99. The molecule has 33 heavy (non-hydrogen) atoms. The molecule has 1 aliphatic carbocycles. The second-order valence-electron chi connectivity index (χ2n) is 8.15. The second-order valence-corrected chi connectivity index (χ2v) is 8.15. The van der Waals surface area contributed by atoms with E-state index in [9.17, 15) is 4.39 Å². The Kier molecular flexibility index (Phi) is 6.48. The van der Waals surface area contributed by atoms with Crippen LogP contribution in [0.3, 0.4) is 0 Å². The Hall–Kier alpha value is -3.07. The fourth-order valence-corrected chi connectivity index (χ4v) is 4.02. The molecule has 1 aliphatic heterocycles. The Morgan fingerprint density at radius 1 is 1.18 bits per heavy atom. The standard InChI is InChI=1S/C25H27FN4O3/c1-27-19-4-7-22(26)21(15-19)25-29-24-23(33-25)14-18(16-28-24)17-2-5-20(6-3-17)32-13-10-30-8-11-31-12-9-30/h2-3,5-7,14-16,19,27H,4,8-13H2,1H3. The van der Waals surface area contributed by atoms with Crippen molar-refractivity contribution in [1.29, 1.82) is 0 Å². The highest BCUT2D eigenvalue weighted by Gasteiger charge is 2.21. The number of allylic oxidation sites excluding steroid dienone is 2. The number of rotatable bonds is 7. The topological polar surface area (TPSA) is 72.7 Å². The monoisotopic (exact) mass is 450 g/mol. The van der Waals surface area contributed by atoms with Crippen molar-refractivity contribution in [2.75, 3.05) is 46.5 Å². The second kappa shape index (κ2) is 9.82. The summed E-state index contributed by atoms with van der Waals surface area (Å²) in [5.74, 6) is 0.749. The number of likely N-dealkylation sites (N-methyl/N-ethyl adjacent to an activating group) is 1. The summed E-state index contributed by atoms with van der Waals surface area (Å²) < 4.78 is 31.5. The van der Waals surface area contributed by atoms with Gasteiger partial charge in [-0.1, -0.05) is 18.2 Å². The predicted octanol–water partition coefficient (Wildman–Crippen LogP) is 3.83. The highest BCUT2D eigenvalue weighted by Crippen LogP contribution is 2.32. The zero-order valence-electron chi connectivity index (χ0n) is 18.6. The first kappa shape index (κ1) is 21.8. The molecule has 1 aromatic carbocycles. The third kappa shape index (κ3) is 4.98. The predicted molar refractivity (Wildman–Crippen MR) is 125 cm³/mol. The number of oxazole rings is 1. The minimum Gasteiger partial charge on any atom is -0.492 e. The number of fused-ring (bicyclic) bond motifs is 1. The molecule has 2 aliphatic rings. The van der Waals surface area contributed by atoms with E-state index in [1.165, 1.54) is 0 Å². The molecule has 2 aromatic heterocycles. The smallest absolute Gasteiger partial charge is 0.231 e. The molecule has 0 amide bonds. The van der Waals surface area contributed by atoms with Crippen LogP contribution in [0.4, 0.5) is 4.39 Å². The van der Waals surface area contributed by atoms with Crippen LogP contribution in [-0.4, -0.2) is 67.4 Å². The number of ether oxygens (including phenoxy) is 2. The van der Waals surface area contributed by atoms with Gasteiger partial charge < -0.3 is 19.2 Å². The maximum Gasteiger partial charge on any atom is 0.231 e. The van der Waals surface area contributed by atoms with Crippen LogP contribution in [0.1, 0.15) is 12.3 Å². The highest BCUT2D eigenvalue weighted by molar-refractivity contribution is 5.81. The van der Waals surface area contributed by atoms with Gasteiger partial charge in [-0.2, -0.15) is 4.98 Å². The van der Waals surface area contributed by atoms with Crippen molar-refractivity contribution in [3.8, 4) is 16.9 Å². The van der Waals surface area contributed by atoms with Crippen molar-refractivity contribution < 1.29 is 18.3 Å². The molecule has 5 rings (SSSR count). The van der Waals surface area contributed by atoms with E-state index in [1.807, 2.05) is 37.4 Å². The summed E-state index contributed by atoms with van der Waals surface area (Å²) in [5.41, 5.74) is 3.22. The number of hydrogen-bond donors (Lipinski definition) is 1. The lowest BCUT2D eigenvalue weighted by Crippen LogP contribution is -2.38. The number of pyridine rings is 1. The molecule has 1 N–H and O–H groups in total. The van der Waals surface area contributed by atoms with E-state index in [-0.39, 0.29) is 17.8 Å². The van der Waals surface area contributed by atoms with Gasteiger partial charge in [0.25, 0.3) is 0 Å². The largest absolute Gasteiger partial charge is 0.492 e. The van der Waals surface area contributed by atoms with Crippen molar-refractivity contribution in [2.45, 2.75) is 12.5 Å². The van der Waals surface area contributed by atoms with Crippen LogP contribution >= 0.6 is 0 Å². The maximum absolute atomic E-state index is 14.4. The van der Waals surface area contributed by atoms with Gasteiger partial charge in [-0.3, -0.25) is 4.90 Å². The Bertz CT molecular complexity index is 1170. The van der Waals surface area contributed by atoms with E-state index >= 15 is 0 Å². The van der Waals surface area contributed by atoms with Crippen molar-refractivity contribution >= 4 is 16.8 Å². The lowest BCUT2D eigenvalue weighted by Gasteiger charge is -2.26. The lowest BCUT2D eigenvalue weighted by molar-refractivity contribution is 0.0322. The average Bonchev–Trinajstić information content (AvgIpc) is 3.29. The Morgan fingerprint density at radius 3 is 2.79 bits per heavy atom. The van der Waals surface area contributed by atoms with E-state index in [0.717, 1.165) is 49.7 Å². The highest BCUT2D eigenvalue weighted by atomic mass is 19.1. The van der Waals surface area contributed by atoms with Crippen LogP contribution < -0.4 is 10.1 Å². The molecule has 1 unspecified atom stereocenters. The van der Waals surface area contributed by atoms with Gasteiger partial charge in [0.15, 0.2) is 11.2 Å². The van der Waals surface area contributed by atoms with Crippen LogP contribution in [0.5, 0.6) is 5.75 Å². The molecule has 0 bridgehead atoms. The fraction of sp³-hybridized carbons (Fsp3) is 0.360. The van der Waals surface area contributed by atoms with E-state index < -0.39 is 0 Å². The molecule has 7 nitrogen and oxygen atoms in total. The van der Waals surface area contributed by atoms with E-state index in [4.69, 9.17) is 13.9 Å². The molecule has 172 valence electrons. The Balaban J connectivity index is 1.28. The normalized spacial score (nSPS) is 19.4. The Morgan fingerprint density at radius 2 is 2.00 bits per heavy atom. The molecule has 3 heterocycles. The summed E-state index contributed by atoms with van der Waals surface area (Å²) in [6, 6.07) is 9.83. The Labute approximate surface area is 191 Å². The van der Waals surface area contributed by atoms with E-state index in [1.54, 1.807) is 18.3 Å². The van der Waals surface area contributed by atoms with Crippen molar-refractivity contribution in [1.82, 2.24) is 20.2 Å². The summed E-state index contributed by atoms with van der Waals surface area (Å²) in [7, 11) is 1.84. The van der Waals surface area contributed by atoms with Crippen LogP contribution in [0.2, 0.25) is 0 Å². The van der Waals surface area contributed by atoms with Gasteiger partial charge >= 0.3 is 0 Å². The quantitative estimate of drug-likeness (QED) is 0.587. The number of hydrogen-bond acceptors (Lipinski definition) is 7. The van der Waals surface area contributed by atoms with Gasteiger partial charge in [-0.15, -0.1) is 0 Å². The number of benzene rings is 1. The summed E-state index contributed by atoms with van der Waals surface area (Å²) in [6.07, 6.45) is 5.70. The van der Waals surface area contributed by atoms with Gasteiger partial charge in [0, 0.05) is 37.4 Å². The minimum absolute atomic E-state index is 0.0487. The number of halogens is 1. The summed E-state index contributed by atoms with van der Waals surface area (Å²) >= 11 is 0. The van der Waals surface area contributed by atoms with Crippen LogP contribution in [0.15, 0.2) is 58.9 Å². The summed E-state index contributed by atoms with van der Waals surface area (Å²) in [5, 5.41) is 3.13. The summed E-state index contributed by atoms with van der Waals surface area (Å²) in [6.45, 7) is 5.03. The first-order valence-corrected chi connectivity index (χ1v) is 11.2. The zero-order chi connectivity index (χ0) is 22.6. The van der Waals surface area contributed by atoms with Crippen molar-refractivity contribution in [2.24, 2.45) is 0 Å². The summed E-state index contributed by atoms with van der Waals surface area (Å²) in [4.78, 5) is 11.2. The third-order valence-electron chi connectivity index (χ3n) is 5.99. The van der Waals surface area contributed by atoms with Crippen molar-refractivity contribution in [3.05, 3.63) is 60.4 Å². The van der Waals surface area contributed by atoms with E-state index in [0.29, 0.717) is 29.8 Å². The fourth-order valence-electron chi connectivity index (χ4n) is 4.02. The minimum atomic E-state index is -0.322. The first-order valence-electron chi connectivity index (χ1n) is 11.2. The molecule has 1 saturated heterocycles. The van der Waals surface area contributed by atoms with Gasteiger partial charge in [-0.05, 0) is 43.3 Å². The van der Waals surface area contributed by atoms with Gasteiger partial charge in [-0.25, -0.2) is 9.37 Å². The SMILES string of the molecule is CNC1C=C(c2nc3ncc(-c4ccc(OCCN5CCOCC5)cc4)cc3o2)C(F)=CC1. The maximum atomic E-state index is 14.4. The average molecular weight is 451 g/mol. The first-order chi connectivity index (χ1) is 16.2. The molecule has 8 heteroatoms. The van der Waals surface area contributed by atoms with Crippen LogP contribution in [-0.2, 0) is 4.74 Å². The molecule has 3 aromatic rings. The van der Waals surface area contributed by atoms with Crippen LogP contribution in [0, 0.1) is 0 Å². The molecule has 0 spiro atoms. The van der Waals surface area contributed by atoms with Crippen LogP contribution in [0.25, 0.3) is 27.9 Å². The number of nitrogens with zero attached hydrogens (tertiary/aromatic N) is 3. The number of morpholine rings is 1. The van der Waals surface area contributed by atoms with Crippen molar-refractivity contribution in [3.63, 3.8) is 0 Å². The molecular formula is C25H27FN4O3. The van der Waals surface area contributed by atoms with E-state index in [2.05, 4.69) is 20.2 Å². The molecule has 1 fully saturated rings. The lowest BCUT2D eigenvalue weighted by atomic mass is 10.0. The molecular weight excluding hydrogens is 423 g/mol. The van der Waals surface area contributed by atoms with Gasteiger partial charge in [0.2, 0.25) is 5.89 Å². The van der Waals surface area contributed by atoms with Gasteiger partial charge in [0.05, 0.1) is 18.8 Å². The number of nitrogens with one attached hydrogen (secondary N) is 1. The zero-order valence-corrected chi connectivity index (χ0v) is 18.6. The molecule has 0 saturated carbocycles. The molecule has 1 atom stereocenters.